The largest absolute Gasteiger partial charge is 0.490 e. The van der Waals surface area contributed by atoms with Gasteiger partial charge in [-0.3, -0.25) is 9.59 Å². The zero-order valence-corrected chi connectivity index (χ0v) is 54.2. The van der Waals surface area contributed by atoms with Crippen LogP contribution in [0.15, 0.2) is 97.1 Å². The van der Waals surface area contributed by atoms with E-state index in [2.05, 4.69) is 43.5 Å². The standard InChI is InChI=1S/2C34H43ClN2O6S/c2*1-22-5-3-7-30(38)27-11-8-25(27)19-37-20-34(15-4-6-23-17-26(35)10-12-28(23)34)21-43-31-13-9-24(18-29(31)37)33(39)36-44(40,41)32(22)14-16-42-2/h2*3,7,9-10,12-13,17-18,22,25,27,30,32,38H,4-6,8,11,14-16,19-21H2,1-2H3,(H,36,39)/b2*7-3+/t22-,25-,27+,30-,32+,34-;22-,25-,27+,30-,32-,34-/m00/s1. The Morgan fingerprint density at radius 3 is 1.41 bits per heavy atom. The van der Waals surface area contributed by atoms with Gasteiger partial charge < -0.3 is 39.0 Å². The van der Waals surface area contributed by atoms with E-state index >= 15 is 0 Å². The summed E-state index contributed by atoms with van der Waals surface area (Å²) in [6.45, 7) is 7.98. The number of aryl methyl sites for hydroxylation is 2. The first-order chi connectivity index (χ1) is 42.2. The second-order valence-corrected chi connectivity index (χ2v) is 31.1. The van der Waals surface area contributed by atoms with Crippen LogP contribution < -0.4 is 28.7 Å². The molecule has 20 heteroatoms. The van der Waals surface area contributed by atoms with Crippen molar-refractivity contribution in [3.8, 4) is 11.5 Å². The maximum Gasteiger partial charge on any atom is 0.264 e. The maximum absolute atomic E-state index is 13.6. The van der Waals surface area contributed by atoms with E-state index in [0.717, 1.165) is 85.6 Å². The number of methoxy groups -OCH3 is 2. The van der Waals surface area contributed by atoms with Crippen LogP contribution in [0.25, 0.3) is 0 Å². The SMILES string of the molecule is COCC[C@@H]1[C@@H](C)C/C=C/[C@H](O)[C@@H]2CC[C@H]2CN2C[C@@]3(CCCc4cc(Cl)ccc43)COc3ccc(cc32)C(=O)NS1(=O)=O.COCC[C@H]1[C@@H](C)C/C=C/[C@H](O)[C@@H]2CC[C@H]2CN2C[C@@]3(CCCc4cc(Cl)ccc43)COc3ccc(cc32)C(=O)NS1(=O)=O. The molecule has 4 aliphatic carbocycles. The molecule has 2 spiro atoms. The molecule has 4 aromatic rings. The molecule has 4 N–H and O–H groups in total. The highest BCUT2D eigenvalue weighted by Gasteiger charge is 2.47. The Bertz CT molecular complexity index is 3290. The van der Waals surface area contributed by atoms with E-state index in [9.17, 15) is 36.6 Å². The molecule has 0 saturated heterocycles. The lowest BCUT2D eigenvalue weighted by molar-refractivity contribution is 0.0454. The van der Waals surface area contributed by atoms with Gasteiger partial charge in [0, 0.05) is 85.6 Å². The van der Waals surface area contributed by atoms with Crippen molar-refractivity contribution < 1.29 is 55.6 Å². The third kappa shape index (κ3) is 13.6. The normalized spacial score (nSPS) is 32.3. The Kier molecular flexibility index (Phi) is 19.7. The van der Waals surface area contributed by atoms with E-state index in [0.29, 0.717) is 63.7 Å². The Morgan fingerprint density at radius 2 is 1.02 bits per heavy atom. The van der Waals surface area contributed by atoms with Gasteiger partial charge in [-0.1, -0.05) is 73.5 Å². The average molecular weight is 1290 g/mol. The number of hydrogen-bond donors (Lipinski definition) is 4. The topological polar surface area (TPSA) is 210 Å². The van der Waals surface area contributed by atoms with Crippen LogP contribution in [0.4, 0.5) is 11.4 Å². The predicted molar refractivity (Wildman–Crippen MR) is 344 cm³/mol. The lowest BCUT2D eigenvalue weighted by atomic mass is 9.68. The van der Waals surface area contributed by atoms with Crippen molar-refractivity contribution in [2.24, 2.45) is 35.5 Å². The van der Waals surface area contributed by atoms with Crippen LogP contribution in [-0.2, 0) is 53.2 Å². The number of halogens is 2. The van der Waals surface area contributed by atoms with Crippen molar-refractivity contribution in [1.29, 1.82) is 0 Å². The second kappa shape index (κ2) is 27.0. The molecule has 12 rings (SSSR count). The van der Waals surface area contributed by atoms with Crippen molar-refractivity contribution in [3.05, 3.63) is 141 Å². The number of allylic oxidation sites excluding steroid dienone is 2. The Morgan fingerprint density at radius 1 is 0.602 bits per heavy atom. The summed E-state index contributed by atoms with van der Waals surface area (Å²) in [6, 6.07) is 22.7. The van der Waals surface area contributed by atoms with Crippen LogP contribution in [0.2, 0.25) is 10.0 Å². The number of nitrogens with zero attached hydrogens (tertiary/aromatic N) is 2. The van der Waals surface area contributed by atoms with Gasteiger partial charge in [-0.15, -0.1) is 0 Å². The monoisotopic (exact) mass is 1280 g/mol. The summed E-state index contributed by atoms with van der Waals surface area (Å²) < 4.78 is 82.5. The molecule has 2 amide bonds. The lowest BCUT2D eigenvalue weighted by Crippen LogP contribution is -2.49. The predicted octanol–water partition coefficient (Wildman–Crippen LogP) is 10.5. The quantitative estimate of drug-likeness (QED) is 0.132. The maximum atomic E-state index is 13.6. The van der Waals surface area contributed by atoms with Crippen molar-refractivity contribution in [2.75, 3.05) is 76.6 Å². The van der Waals surface area contributed by atoms with E-state index in [-0.39, 0.29) is 83.5 Å². The van der Waals surface area contributed by atoms with Gasteiger partial charge in [0.1, 0.15) is 11.5 Å². The molecule has 16 nitrogen and oxygen atoms in total. The van der Waals surface area contributed by atoms with Crippen molar-refractivity contribution >= 4 is 66.4 Å². The molecule has 476 valence electrons. The number of ether oxygens (including phenoxy) is 4. The summed E-state index contributed by atoms with van der Waals surface area (Å²) in [5, 5.41) is 22.2. The van der Waals surface area contributed by atoms with Crippen LogP contribution in [0.3, 0.4) is 0 Å². The summed E-state index contributed by atoms with van der Waals surface area (Å²) in [5.74, 6) is 0.209. The summed E-state index contributed by atoms with van der Waals surface area (Å²) in [7, 11) is -4.98. The fourth-order valence-corrected chi connectivity index (χ4v) is 19.3. The molecule has 4 heterocycles. The Hall–Kier alpha value is -5.18. The van der Waals surface area contributed by atoms with Crippen LogP contribution in [0, 0.1) is 35.5 Å². The molecule has 12 atom stereocenters. The minimum absolute atomic E-state index is 0.106. The molecule has 0 radical (unpaired) electrons. The molecule has 0 aromatic heterocycles. The fourth-order valence-electron chi connectivity index (χ4n) is 15.6. The number of aliphatic hydroxyl groups excluding tert-OH is 2. The van der Waals surface area contributed by atoms with Crippen LogP contribution in [0.5, 0.6) is 11.5 Å². The number of carbonyl (C=O) groups excluding carboxylic acids is 2. The van der Waals surface area contributed by atoms with Crippen LogP contribution in [0.1, 0.15) is 134 Å². The average Bonchev–Trinajstić information content (AvgIpc) is 1.60. The Labute approximate surface area is 529 Å². The molecule has 8 aliphatic rings. The van der Waals surface area contributed by atoms with Crippen molar-refractivity contribution in [3.63, 3.8) is 0 Å². The number of amides is 2. The van der Waals surface area contributed by atoms with Crippen molar-refractivity contribution in [1.82, 2.24) is 9.44 Å². The van der Waals surface area contributed by atoms with E-state index in [1.807, 2.05) is 50.3 Å². The number of benzene rings is 4. The summed E-state index contributed by atoms with van der Waals surface area (Å²) in [4.78, 5) is 31.7. The molecule has 2 fully saturated rings. The van der Waals surface area contributed by atoms with Gasteiger partial charge in [-0.2, -0.15) is 0 Å². The molecular formula is C68H86Cl2N4O12S2. The number of fused-ring (bicyclic) bond motifs is 8. The number of hydrogen-bond acceptors (Lipinski definition) is 14. The first kappa shape index (κ1) is 64.4. The lowest BCUT2D eigenvalue weighted by Gasteiger charge is -2.45. The van der Waals surface area contributed by atoms with Gasteiger partial charge in [0.25, 0.3) is 11.8 Å². The van der Waals surface area contributed by atoms with E-state index < -0.39 is 54.6 Å². The first-order valence-electron chi connectivity index (χ1n) is 31.6. The molecule has 4 aromatic carbocycles. The fraction of sp³-hybridized carbons (Fsp3) is 0.559. The number of anilines is 2. The minimum Gasteiger partial charge on any atom is -0.490 e. The second-order valence-electron chi connectivity index (χ2n) is 26.4. The summed E-state index contributed by atoms with van der Waals surface area (Å²) in [5.41, 5.74) is 6.54. The molecule has 4 bridgehead atoms. The number of aliphatic hydroxyl groups is 2. The van der Waals surface area contributed by atoms with Crippen LogP contribution in [-0.4, -0.2) is 128 Å². The number of sulfonamides is 2. The van der Waals surface area contributed by atoms with Gasteiger partial charge in [0.2, 0.25) is 20.0 Å². The molecule has 4 aliphatic heterocycles. The van der Waals surface area contributed by atoms with E-state index in [1.54, 1.807) is 36.4 Å². The third-order valence-electron chi connectivity index (χ3n) is 20.8. The molecule has 88 heavy (non-hydrogen) atoms. The zero-order chi connectivity index (χ0) is 62.1. The van der Waals surface area contributed by atoms with Crippen molar-refractivity contribution in [2.45, 2.75) is 137 Å². The Balaban J connectivity index is 0.000000182. The number of rotatable bonds is 6. The number of nitrogens with one attached hydrogen (secondary N) is 2. The third-order valence-corrected chi connectivity index (χ3v) is 25.2. The summed E-state index contributed by atoms with van der Waals surface area (Å²) in [6.07, 6.45) is 17.4. The highest BCUT2D eigenvalue weighted by Crippen LogP contribution is 2.49. The first-order valence-corrected chi connectivity index (χ1v) is 35.5. The molecular weight excluding hydrogens is 1200 g/mol. The zero-order valence-electron chi connectivity index (χ0n) is 51.0. The minimum atomic E-state index is -4.02. The van der Waals surface area contributed by atoms with Gasteiger partial charge in [0.15, 0.2) is 0 Å². The van der Waals surface area contributed by atoms with E-state index in [4.69, 9.17) is 42.1 Å². The van der Waals surface area contributed by atoms with Gasteiger partial charge in [0.05, 0.1) is 47.3 Å². The molecule has 2 saturated carbocycles. The summed E-state index contributed by atoms with van der Waals surface area (Å²) >= 11 is 12.8. The van der Waals surface area contributed by atoms with Gasteiger partial charge in [-0.25, -0.2) is 26.3 Å². The smallest absolute Gasteiger partial charge is 0.264 e. The highest BCUT2D eigenvalue weighted by atomic mass is 35.5. The molecule has 0 unspecified atom stereocenters. The van der Waals surface area contributed by atoms with Gasteiger partial charge >= 0.3 is 0 Å². The highest BCUT2D eigenvalue weighted by molar-refractivity contribution is 7.91. The van der Waals surface area contributed by atoms with E-state index in [1.165, 1.54) is 36.5 Å². The van der Waals surface area contributed by atoms with Gasteiger partial charge in [-0.05, 0) is 208 Å². The van der Waals surface area contributed by atoms with Crippen LogP contribution >= 0.6 is 23.2 Å². The number of carbonyl (C=O) groups is 2.